The van der Waals surface area contributed by atoms with Gasteiger partial charge in [0.2, 0.25) is 0 Å². The zero-order valence-corrected chi connectivity index (χ0v) is 10.5. The number of halogens is 2. The van der Waals surface area contributed by atoms with Crippen molar-refractivity contribution in [3.05, 3.63) is 34.6 Å². The molecule has 0 spiro atoms. The van der Waals surface area contributed by atoms with Gasteiger partial charge in [0.05, 0.1) is 0 Å². The van der Waals surface area contributed by atoms with Crippen molar-refractivity contribution in [3.8, 4) is 0 Å². The fourth-order valence-electron chi connectivity index (χ4n) is 1.33. The maximum atomic E-state index is 12.9. The van der Waals surface area contributed by atoms with Gasteiger partial charge in [-0.15, -0.1) is 0 Å². The Hall–Kier alpha value is -0.640. The smallest absolute Gasteiger partial charge is 0.123 e. The van der Waals surface area contributed by atoms with E-state index in [2.05, 4.69) is 24.2 Å². The number of rotatable bonds is 6. The molecule has 1 N–H and O–H groups in total. The number of benzene rings is 1. The van der Waals surface area contributed by atoms with Crippen molar-refractivity contribution in [3.63, 3.8) is 0 Å². The molecule has 1 rings (SSSR count). The van der Waals surface area contributed by atoms with E-state index in [1.54, 1.807) is 6.07 Å². The van der Waals surface area contributed by atoms with Gasteiger partial charge in [0.1, 0.15) is 5.82 Å². The van der Waals surface area contributed by atoms with Crippen LogP contribution >= 0.6 is 11.6 Å². The van der Waals surface area contributed by atoms with E-state index in [9.17, 15) is 4.39 Å². The highest BCUT2D eigenvalue weighted by Gasteiger charge is 2.01. The molecule has 0 aliphatic heterocycles. The van der Waals surface area contributed by atoms with E-state index in [4.69, 9.17) is 11.6 Å². The minimum absolute atomic E-state index is 0.244. The zero-order valence-electron chi connectivity index (χ0n) is 9.76. The molecule has 0 aliphatic rings. The van der Waals surface area contributed by atoms with Gasteiger partial charge in [-0.1, -0.05) is 18.5 Å². The second kappa shape index (κ2) is 6.84. The molecule has 0 atom stereocenters. The highest BCUT2D eigenvalue weighted by Crippen LogP contribution is 2.16. The molecule has 0 amide bonds. The molecule has 0 unspecified atom stereocenters. The third-order valence-corrected chi connectivity index (χ3v) is 2.90. The maximum Gasteiger partial charge on any atom is 0.123 e. The minimum atomic E-state index is -0.244. The predicted octanol–water partition coefficient (Wildman–Crippen LogP) is 2.52. The number of nitrogens with one attached hydrogen (secondary N) is 1. The summed E-state index contributed by atoms with van der Waals surface area (Å²) in [6.45, 7) is 5.60. The number of hydrogen-bond donors (Lipinski definition) is 1. The molecule has 0 aromatic heterocycles. The minimum Gasteiger partial charge on any atom is -0.311 e. The first-order valence-electron chi connectivity index (χ1n) is 5.46. The van der Waals surface area contributed by atoms with E-state index in [0.29, 0.717) is 11.6 Å². The van der Waals surface area contributed by atoms with Gasteiger partial charge in [-0.05, 0) is 37.4 Å². The first kappa shape index (κ1) is 13.4. The molecule has 0 fully saturated rings. The van der Waals surface area contributed by atoms with Gasteiger partial charge < -0.3 is 10.2 Å². The monoisotopic (exact) mass is 244 g/mol. The summed E-state index contributed by atoms with van der Waals surface area (Å²) < 4.78 is 12.9. The molecule has 0 heterocycles. The maximum absolute atomic E-state index is 12.9. The molecule has 1 aromatic rings. The molecule has 0 aliphatic carbocycles. The molecular weight excluding hydrogens is 227 g/mol. The van der Waals surface area contributed by atoms with Crippen molar-refractivity contribution in [2.24, 2.45) is 0 Å². The topological polar surface area (TPSA) is 15.3 Å². The number of likely N-dealkylation sites (N-methyl/N-ethyl adjacent to an activating group) is 1. The molecule has 16 heavy (non-hydrogen) atoms. The summed E-state index contributed by atoms with van der Waals surface area (Å²) in [7, 11) is 2.07. The molecule has 0 bridgehead atoms. The Labute approximate surface area is 101 Å². The van der Waals surface area contributed by atoms with E-state index in [1.807, 2.05) is 0 Å². The zero-order chi connectivity index (χ0) is 12.0. The van der Waals surface area contributed by atoms with Crippen LogP contribution in [0, 0.1) is 5.82 Å². The molecule has 4 heteroatoms. The van der Waals surface area contributed by atoms with E-state index in [0.717, 1.165) is 25.2 Å². The van der Waals surface area contributed by atoms with Crippen molar-refractivity contribution in [2.75, 3.05) is 26.7 Å². The van der Waals surface area contributed by atoms with Crippen LogP contribution in [0.3, 0.4) is 0 Å². The summed E-state index contributed by atoms with van der Waals surface area (Å²) in [5.41, 5.74) is 0.806. The lowest BCUT2D eigenvalue weighted by atomic mass is 10.2. The van der Waals surface area contributed by atoms with E-state index in [-0.39, 0.29) is 5.82 Å². The molecular formula is C12H18ClFN2. The largest absolute Gasteiger partial charge is 0.311 e. The molecule has 90 valence electrons. The van der Waals surface area contributed by atoms with Crippen molar-refractivity contribution in [1.29, 1.82) is 0 Å². The van der Waals surface area contributed by atoms with Gasteiger partial charge in [0.25, 0.3) is 0 Å². The Kier molecular flexibility index (Phi) is 5.74. The second-order valence-corrected chi connectivity index (χ2v) is 4.22. The SMILES string of the molecule is CCN(C)CCNCc1cc(F)ccc1Cl. The van der Waals surface area contributed by atoms with Crippen LogP contribution in [0.5, 0.6) is 0 Å². The summed E-state index contributed by atoms with van der Waals surface area (Å²) in [6, 6.07) is 4.43. The first-order chi connectivity index (χ1) is 7.63. The Bertz CT molecular complexity index is 331. The third-order valence-electron chi connectivity index (χ3n) is 2.53. The van der Waals surface area contributed by atoms with Crippen molar-refractivity contribution < 1.29 is 4.39 Å². The van der Waals surface area contributed by atoms with Crippen LogP contribution in [0.15, 0.2) is 18.2 Å². The van der Waals surface area contributed by atoms with Crippen molar-refractivity contribution in [1.82, 2.24) is 10.2 Å². The summed E-state index contributed by atoms with van der Waals surface area (Å²) in [5.74, 6) is -0.244. The van der Waals surface area contributed by atoms with Crippen LogP contribution in [0.25, 0.3) is 0 Å². The van der Waals surface area contributed by atoms with Crippen molar-refractivity contribution in [2.45, 2.75) is 13.5 Å². The highest BCUT2D eigenvalue weighted by molar-refractivity contribution is 6.31. The molecule has 0 saturated heterocycles. The average Bonchev–Trinajstić information content (AvgIpc) is 2.28. The van der Waals surface area contributed by atoms with Gasteiger partial charge in [-0.3, -0.25) is 0 Å². The standard InChI is InChI=1S/C12H18ClFN2/c1-3-16(2)7-6-15-9-10-8-11(14)4-5-12(10)13/h4-5,8,15H,3,6-7,9H2,1-2H3. The third kappa shape index (κ3) is 4.47. The van der Waals surface area contributed by atoms with Gasteiger partial charge in [-0.25, -0.2) is 4.39 Å². The lowest BCUT2D eigenvalue weighted by molar-refractivity contribution is 0.349. The molecule has 1 aromatic carbocycles. The fraction of sp³-hybridized carbons (Fsp3) is 0.500. The predicted molar refractivity (Wildman–Crippen MR) is 66.3 cm³/mol. The van der Waals surface area contributed by atoms with E-state index >= 15 is 0 Å². The first-order valence-corrected chi connectivity index (χ1v) is 5.84. The molecule has 2 nitrogen and oxygen atoms in total. The van der Waals surface area contributed by atoms with Gasteiger partial charge >= 0.3 is 0 Å². The van der Waals surface area contributed by atoms with Crippen LogP contribution in [-0.4, -0.2) is 31.6 Å². The van der Waals surface area contributed by atoms with Crippen LogP contribution in [0.4, 0.5) is 4.39 Å². The Morgan fingerprint density at radius 3 is 2.88 bits per heavy atom. The van der Waals surface area contributed by atoms with Crippen LogP contribution in [0.1, 0.15) is 12.5 Å². The average molecular weight is 245 g/mol. The number of nitrogens with zero attached hydrogens (tertiary/aromatic N) is 1. The molecule has 0 saturated carbocycles. The number of hydrogen-bond acceptors (Lipinski definition) is 2. The van der Waals surface area contributed by atoms with Crippen LogP contribution in [0.2, 0.25) is 5.02 Å². The summed E-state index contributed by atoms with van der Waals surface area (Å²) in [5, 5.41) is 3.85. The van der Waals surface area contributed by atoms with Gasteiger partial charge in [0.15, 0.2) is 0 Å². The second-order valence-electron chi connectivity index (χ2n) is 3.81. The van der Waals surface area contributed by atoms with Gasteiger partial charge in [-0.2, -0.15) is 0 Å². The van der Waals surface area contributed by atoms with Crippen LogP contribution in [-0.2, 0) is 6.54 Å². The Morgan fingerprint density at radius 1 is 1.44 bits per heavy atom. The van der Waals surface area contributed by atoms with Crippen LogP contribution < -0.4 is 5.32 Å². The molecule has 0 radical (unpaired) electrons. The van der Waals surface area contributed by atoms with Crippen molar-refractivity contribution >= 4 is 11.6 Å². The highest BCUT2D eigenvalue weighted by atomic mass is 35.5. The lowest BCUT2D eigenvalue weighted by Gasteiger charge is -2.14. The summed E-state index contributed by atoms with van der Waals surface area (Å²) in [4.78, 5) is 2.21. The summed E-state index contributed by atoms with van der Waals surface area (Å²) in [6.07, 6.45) is 0. The Morgan fingerprint density at radius 2 is 2.19 bits per heavy atom. The quantitative estimate of drug-likeness (QED) is 0.774. The normalized spacial score (nSPS) is 11.1. The summed E-state index contributed by atoms with van der Waals surface area (Å²) >= 11 is 5.95. The van der Waals surface area contributed by atoms with E-state index in [1.165, 1.54) is 12.1 Å². The fourth-order valence-corrected chi connectivity index (χ4v) is 1.51. The van der Waals surface area contributed by atoms with E-state index < -0.39 is 0 Å². The lowest BCUT2D eigenvalue weighted by Crippen LogP contribution is -2.28. The Balaban J connectivity index is 2.34. The van der Waals surface area contributed by atoms with Gasteiger partial charge in [0, 0.05) is 24.7 Å².